The number of hydrogen-bond acceptors (Lipinski definition) is 5. The van der Waals surface area contributed by atoms with Gasteiger partial charge in [-0.15, -0.1) is 0 Å². The number of nitrogens with two attached hydrogens (primary N) is 1. The molecule has 1 fully saturated rings. The minimum atomic E-state index is -0.838. The lowest BCUT2D eigenvalue weighted by atomic mass is 10.0. The van der Waals surface area contributed by atoms with Gasteiger partial charge in [0.2, 0.25) is 0 Å². The van der Waals surface area contributed by atoms with Gasteiger partial charge in [0, 0.05) is 25.6 Å². The number of nitrogens with zero attached hydrogens (tertiary/aromatic N) is 1. The van der Waals surface area contributed by atoms with Crippen molar-refractivity contribution in [3.8, 4) is 11.5 Å². The topological polar surface area (TPSA) is 85.0 Å². The summed E-state index contributed by atoms with van der Waals surface area (Å²) in [6.07, 6.45) is 2.65. The highest BCUT2D eigenvalue weighted by atomic mass is 16.5. The van der Waals surface area contributed by atoms with Gasteiger partial charge in [0.1, 0.15) is 6.10 Å². The number of methoxy groups -OCH3 is 1. The molecule has 1 aromatic rings. The third-order valence-corrected chi connectivity index (χ3v) is 4.24. The molecule has 0 aromatic heterocycles. The molecule has 3 N–H and O–H groups in total. The Bertz CT molecular complexity index is 527. The van der Waals surface area contributed by atoms with Crippen LogP contribution in [0, 0.1) is 0 Å². The molecule has 0 spiro atoms. The van der Waals surface area contributed by atoms with E-state index < -0.39 is 5.97 Å². The number of carbonyl (C=O) groups is 1. The molecule has 6 nitrogen and oxygen atoms in total. The quantitative estimate of drug-likeness (QED) is 0.799. The summed E-state index contributed by atoms with van der Waals surface area (Å²) in [6.45, 7) is 2.07. The average molecular weight is 322 g/mol. The van der Waals surface area contributed by atoms with E-state index in [1.54, 1.807) is 7.11 Å². The highest BCUT2D eigenvalue weighted by Gasteiger charge is 2.20. The summed E-state index contributed by atoms with van der Waals surface area (Å²) in [4.78, 5) is 12.9. The Morgan fingerprint density at radius 1 is 1.39 bits per heavy atom. The van der Waals surface area contributed by atoms with Crippen molar-refractivity contribution in [2.75, 3.05) is 27.2 Å². The maximum Gasteiger partial charge on any atom is 0.303 e. The first-order chi connectivity index (χ1) is 11.0. The Labute approximate surface area is 137 Å². The number of carboxylic acids is 1. The number of ether oxygens (including phenoxy) is 2. The maximum atomic E-state index is 10.7. The summed E-state index contributed by atoms with van der Waals surface area (Å²) in [5.41, 5.74) is 6.91. The number of benzene rings is 1. The van der Waals surface area contributed by atoms with Gasteiger partial charge < -0.3 is 25.2 Å². The summed E-state index contributed by atoms with van der Waals surface area (Å²) < 4.78 is 11.5. The number of hydrogen-bond donors (Lipinski definition) is 2. The van der Waals surface area contributed by atoms with Crippen molar-refractivity contribution in [3.63, 3.8) is 0 Å². The van der Waals surface area contributed by atoms with Crippen LogP contribution in [-0.2, 0) is 4.79 Å². The fourth-order valence-corrected chi connectivity index (χ4v) is 2.74. The molecule has 0 amide bonds. The first kappa shape index (κ1) is 17.6. The van der Waals surface area contributed by atoms with Gasteiger partial charge in [-0.25, -0.2) is 0 Å². The van der Waals surface area contributed by atoms with Crippen molar-refractivity contribution >= 4 is 5.97 Å². The summed E-state index contributed by atoms with van der Waals surface area (Å²) in [5, 5.41) is 8.75. The van der Waals surface area contributed by atoms with Crippen molar-refractivity contribution in [1.82, 2.24) is 4.90 Å². The fourth-order valence-electron chi connectivity index (χ4n) is 2.74. The largest absolute Gasteiger partial charge is 0.493 e. The molecule has 0 radical (unpaired) electrons. The molecule has 1 saturated heterocycles. The minimum Gasteiger partial charge on any atom is -0.493 e. The Balaban J connectivity index is 2.02. The SMILES string of the molecule is COc1cc(C(N)CCC(=O)O)ccc1OC1CCN(C)CC1. The van der Waals surface area contributed by atoms with Crippen molar-refractivity contribution in [2.45, 2.75) is 37.8 Å². The van der Waals surface area contributed by atoms with Gasteiger partial charge >= 0.3 is 5.97 Å². The third kappa shape index (κ3) is 5.11. The van der Waals surface area contributed by atoms with Crippen LogP contribution in [0.25, 0.3) is 0 Å². The Morgan fingerprint density at radius 3 is 2.70 bits per heavy atom. The van der Waals surface area contributed by atoms with Gasteiger partial charge in [-0.05, 0) is 44.0 Å². The van der Waals surface area contributed by atoms with E-state index in [-0.39, 0.29) is 18.6 Å². The first-order valence-corrected chi connectivity index (χ1v) is 8.00. The lowest BCUT2D eigenvalue weighted by Gasteiger charge is -2.29. The lowest BCUT2D eigenvalue weighted by Crippen LogP contribution is -2.35. The van der Waals surface area contributed by atoms with Gasteiger partial charge in [-0.3, -0.25) is 4.79 Å². The summed E-state index contributed by atoms with van der Waals surface area (Å²) >= 11 is 0. The second-order valence-electron chi connectivity index (χ2n) is 6.07. The number of carboxylic acid groups (broad SMARTS) is 1. The zero-order valence-electron chi connectivity index (χ0n) is 13.8. The minimum absolute atomic E-state index is 0.0529. The van der Waals surface area contributed by atoms with Gasteiger partial charge in [0.25, 0.3) is 0 Å². The molecule has 0 aliphatic carbocycles. The van der Waals surface area contributed by atoms with E-state index in [2.05, 4.69) is 11.9 Å². The molecule has 0 saturated carbocycles. The zero-order chi connectivity index (χ0) is 16.8. The fraction of sp³-hybridized carbons (Fsp3) is 0.588. The number of aliphatic carboxylic acids is 1. The molecule has 6 heteroatoms. The van der Waals surface area contributed by atoms with Gasteiger partial charge in [0.15, 0.2) is 11.5 Å². The molecule has 1 unspecified atom stereocenters. The smallest absolute Gasteiger partial charge is 0.303 e. The normalized spacial score (nSPS) is 17.7. The molecule has 128 valence electrons. The van der Waals surface area contributed by atoms with Crippen molar-refractivity contribution in [2.24, 2.45) is 5.73 Å². The van der Waals surface area contributed by atoms with Crippen LogP contribution in [0.2, 0.25) is 0 Å². The van der Waals surface area contributed by atoms with Crippen molar-refractivity contribution in [3.05, 3.63) is 23.8 Å². The Kier molecular flexibility index (Phi) is 6.24. The predicted octanol–water partition coefficient (Wildman–Crippen LogP) is 2.03. The van der Waals surface area contributed by atoms with Gasteiger partial charge in [0.05, 0.1) is 7.11 Å². The molecule has 1 aromatic carbocycles. The average Bonchev–Trinajstić information content (AvgIpc) is 2.55. The van der Waals surface area contributed by atoms with Crippen LogP contribution in [-0.4, -0.2) is 49.3 Å². The molecule has 23 heavy (non-hydrogen) atoms. The van der Waals surface area contributed by atoms with Crippen LogP contribution >= 0.6 is 0 Å². The molecule has 1 aliphatic heterocycles. The van der Waals surface area contributed by atoms with Crippen molar-refractivity contribution in [1.29, 1.82) is 0 Å². The third-order valence-electron chi connectivity index (χ3n) is 4.24. The van der Waals surface area contributed by atoms with Gasteiger partial charge in [-0.2, -0.15) is 0 Å². The molecule has 0 bridgehead atoms. The summed E-state index contributed by atoms with van der Waals surface area (Å²) in [5.74, 6) is 0.526. The number of rotatable bonds is 7. The second kappa shape index (κ2) is 8.17. The van der Waals surface area contributed by atoms with Crippen LogP contribution in [0.1, 0.15) is 37.3 Å². The predicted molar refractivity (Wildman–Crippen MR) is 87.9 cm³/mol. The van der Waals surface area contributed by atoms with Crippen LogP contribution in [0.3, 0.4) is 0 Å². The summed E-state index contributed by atoms with van der Waals surface area (Å²) in [7, 11) is 3.72. The second-order valence-corrected chi connectivity index (χ2v) is 6.07. The van der Waals surface area contributed by atoms with E-state index in [9.17, 15) is 4.79 Å². The first-order valence-electron chi connectivity index (χ1n) is 8.00. The Hall–Kier alpha value is -1.79. The molecule has 1 heterocycles. The van der Waals surface area contributed by atoms with E-state index in [4.69, 9.17) is 20.3 Å². The van der Waals surface area contributed by atoms with Crippen LogP contribution in [0.4, 0.5) is 0 Å². The van der Waals surface area contributed by atoms with Crippen LogP contribution in [0.5, 0.6) is 11.5 Å². The van der Waals surface area contributed by atoms with E-state index in [0.717, 1.165) is 37.2 Å². The highest BCUT2D eigenvalue weighted by molar-refractivity contribution is 5.66. The molecular formula is C17H26N2O4. The molecular weight excluding hydrogens is 296 g/mol. The standard InChI is InChI=1S/C17H26N2O4/c1-19-9-7-13(8-10-19)23-15-5-3-12(11-16(15)22-2)14(18)4-6-17(20)21/h3,5,11,13-14H,4,6-10,18H2,1-2H3,(H,20,21). The van der Waals surface area contributed by atoms with Crippen molar-refractivity contribution < 1.29 is 19.4 Å². The maximum absolute atomic E-state index is 10.7. The van der Waals surface area contributed by atoms with E-state index in [0.29, 0.717) is 12.2 Å². The lowest BCUT2D eigenvalue weighted by molar-refractivity contribution is -0.137. The number of piperidine rings is 1. The molecule has 1 aliphatic rings. The van der Waals surface area contributed by atoms with E-state index in [1.807, 2.05) is 18.2 Å². The monoisotopic (exact) mass is 322 g/mol. The molecule has 2 rings (SSSR count). The molecule has 1 atom stereocenters. The van der Waals surface area contributed by atoms with Crippen LogP contribution < -0.4 is 15.2 Å². The Morgan fingerprint density at radius 2 is 2.09 bits per heavy atom. The van der Waals surface area contributed by atoms with E-state index >= 15 is 0 Å². The van der Waals surface area contributed by atoms with Crippen LogP contribution in [0.15, 0.2) is 18.2 Å². The highest BCUT2D eigenvalue weighted by Crippen LogP contribution is 2.32. The number of likely N-dealkylation sites (tertiary alicyclic amines) is 1. The summed E-state index contributed by atoms with van der Waals surface area (Å²) in [6, 6.07) is 5.28. The van der Waals surface area contributed by atoms with Gasteiger partial charge in [-0.1, -0.05) is 6.07 Å². The van der Waals surface area contributed by atoms with E-state index in [1.165, 1.54) is 0 Å². The zero-order valence-corrected chi connectivity index (χ0v) is 13.8.